The number of rotatable bonds is 1. The first kappa shape index (κ1) is 13.7. The Balaban J connectivity index is 2.35. The number of hydrogen-bond acceptors (Lipinski definition) is 1. The summed E-state index contributed by atoms with van der Waals surface area (Å²) in [7, 11) is 0. The SMILES string of the molecule is Fc1ccc(-n2c(=S)[nH]c3cc(Br)c(F)cc32)cc1Cl. The Morgan fingerprint density at radius 2 is 1.90 bits per heavy atom. The van der Waals surface area contributed by atoms with Crippen molar-refractivity contribution in [3.05, 3.63) is 56.2 Å². The second kappa shape index (κ2) is 4.95. The van der Waals surface area contributed by atoms with Crippen molar-refractivity contribution in [2.24, 2.45) is 0 Å². The van der Waals surface area contributed by atoms with Crippen molar-refractivity contribution in [2.75, 3.05) is 0 Å². The van der Waals surface area contributed by atoms with Gasteiger partial charge < -0.3 is 4.98 Å². The molecule has 0 radical (unpaired) electrons. The van der Waals surface area contributed by atoms with Gasteiger partial charge in [-0.05, 0) is 52.4 Å². The molecule has 0 saturated carbocycles. The van der Waals surface area contributed by atoms with Crippen LogP contribution in [0.15, 0.2) is 34.8 Å². The highest BCUT2D eigenvalue weighted by molar-refractivity contribution is 9.10. The van der Waals surface area contributed by atoms with E-state index in [1.54, 1.807) is 10.6 Å². The van der Waals surface area contributed by atoms with Gasteiger partial charge in [0, 0.05) is 6.07 Å². The maximum Gasteiger partial charge on any atom is 0.182 e. The van der Waals surface area contributed by atoms with Crippen LogP contribution in [0.25, 0.3) is 16.7 Å². The zero-order chi connectivity index (χ0) is 14.4. The predicted molar refractivity (Wildman–Crippen MR) is 81.1 cm³/mol. The fourth-order valence-corrected chi connectivity index (χ4v) is 2.81. The molecule has 0 unspecified atom stereocenters. The van der Waals surface area contributed by atoms with Gasteiger partial charge in [0.25, 0.3) is 0 Å². The number of H-pyrrole nitrogens is 1. The minimum Gasteiger partial charge on any atom is -0.330 e. The average molecular weight is 376 g/mol. The third-order valence-electron chi connectivity index (χ3n) is 2.89. The van der Waals surface area contributed by atoms with Crippen LogP contribution in [0.5, 0.6) is 0 Å². The lowest BCUT2D eigenvalue weighted by molar-refractivity contribution is 0.622. The van der Waals surface area contributed by atoms with E-state index in [1.165, 1.54) is 24.3 Å². The summed E-state index contributed by atoms with van der Waals surface area (Å²) >= 11 is 14.1. The fraction of sp³-hybridized carbons (Fsp3) is 0. The summed E-state index contributed by atoms with van der Waals surface area (Å²) in [4.78, 5) is 2.97. The van der Waals surface area contributed by atoms with Gasteiger partial charge >= 0.3 is 0 Å². The standard InChI is InChI=1S/C13H6BrClF2N2S/c14-7-4-11-12(5-10(7)17)19(13(20)18-11)6-1-2-9(16)8(15)3-6/h1-5H,(H,18,20). The van der Waals surface area contributed by atoms with Crippen LogP contribution in [-0.2, 0) is 0 Å². The third-order valence-corrected chi connectivity index (χ3v) is 4.07. The first-order chi connectivity index (χ1) is 9.47. The number of aromatic nitrogens is 2. The summed E-state index contributed by atoms with van der Waals surface area (Å²) < 4.78 is 29.2. The molecule has 1 heterocycles. The van der Waals surface area contributed by atoms with Gasteiger partial charge in [-0.2, -0.15) is 0 Å². The number of halogens is 4. The molecule has 20 heavy (non-hydrogen) atoms. The molecular formula is C13H6BrClF2N2S. The summed E-state index contributed by atoms with van der Waals surface area (Å²) in [5, 5.41) is -0.0173. The smallest absolute Gasteiger partial charge is 0.182 e. The lowest BCUT2D eigenvalue weighted by Gasteiger charge is -2.06. The predicted octanol–water partition coefficient (Wildman–Crippen LogP) is 5.38. The molecule has 0 aliphatic carbocycles. The van der Waals surface area contributed by atoms with Gasteiger partial charge in [0.15, 0.2) is 4.77 Å². The number of fused-ring (bicyclic) bond motifs is 1. The lowest BCUT2D eigenvalue weighted by atomic mass is 10.2. The number of hydrogen-bond donors (Lipinski definition) is 1. The molecule has 0 saturated heterocycles. The number of imidazole rings is 1. The van der Waals surface area contributed by atoms with Crippen LogP contribution in [0.4, 0.5) is 8.78 Å². The van der Waals surface area contributed by atoms with E-state index < -0.39 is 11.6 Å². The normalized spacial score (nSPS) is 11.2. The van der Waals surface area contributed by atoms with Crippen LogP contribution >= 0.6 is 39.7 Å². The van der Waals surface area contributed by atoms with Crippen LogP contribution in [0.3, 0.4) is 0 Å². The number of benzene rings is 2. The quantitative estimate of drug-likeness (QED) is 0.566. The molecule has 1 aromatic heterocycles. The van der Waals surface area contributed by atoms with Gasteiger partial charge in [0.2, 0.25) is 0 Å². The zero-order valence-electron chi connectivity index (χ0n) is 9.75. The van der Waals surface area contributed by atoms with E-state index in [1.807, 2.05) is 0 Å². The molecule has 1 N–H and O–H groups in total. The third kappa shape index (κ3) is 2.17. The molecule has 102 valence electrons. The van der Waals surface area contributed by atoms with Crippen LogP contribution < -0.4 is 0 Å². The van der Waals surface area contributed by atoms with Gasteiger partial charge in [0.1, 0.15) is 11.6 Å². The Bertz CT molecular complexity index is 888. The maximum absolute atomic E-state index is 13.7. The highest BCUT2D eigenvalue weighted by Crippen LogP contribution is 2.27. The molecule has 0 bridgehead atoms. The Morgan fingerprint density at radius 1 is 1.15 bits per heavy atom. The Kier molecular flexibility index (Phi) is 3.40. The van der Waals surface area contributed by atoms with Crippen LogP contribution in [0.2, 0.25) is 5.02 Å². The molecule has 0 amide bonds. The van der Waals surface area contributed by atoms with E-state index in [4.69, 9.17) is 23.8 Å². The fourth-order valence-electron chi connectivity index (χ4n) is 1.98. The second-order valence-electron chi connectivity index (χ2n) is 4.15. The van der Waals surface area contributed by atoms with Crippen molar-refractivity contribution >= 4 is 50.8 Å². The largest absolute Gasteiger partial charge is 0.330 e. The van der Waals surface area contributed by atoms with E-state index in [2.05, 4.69) is 20.9 Å². The molecule has 7 heteroatoms. The summed E-state index contributed by atoms with van der Waals surface area (Å²) in [5.74, 6) is -0.927. The molecule has 2 nitrogen and oxygen atoms in total. The second-order valence-corrected chi connectivity index (χ2v) is 5.80. The number of nitrogens with one attached hydrogen (secondary N) is 1. The monoisotopic (exact) mass is 374 g/mol. The van der Waals surface area contributed by atoms with Crippen molar-refractivity contribution in [1.29, 1.82) is 0 Å². The first-order valence-corrected chi connectivity index (χ1v) is 7.10. The molecule has 0 spiro atoms. The van der Waals surface area contributed by atoms with Crippen molar-refractivity contribution in [1.82, 2.24) is 9.55 Å². The minimum atomic E-state index is -0.518. The highest BCUT2D eigenvalue weighted by atomic mass is 79.9. The van der Waals surface area contributed by atoms with Crippen LogP contribution in [0, 0.1) is 16.4 Å². The molecule has 0 aliphatic rings. The topological polar surface area (TPSA) is 20.7 Å². The zero-order valence-corrected chi connectivity index (χ0v) is 12.9. The van der Waals surface area contributed by atoms with Crippen molar-refractivity contribution in [3.8, 4) is 5.69 Å². The minimum absolute atomic E-state index is 0.0173. The van der Waals surface area contributed by atoms with Crippen LogP contribution in [0.1, 0.15) is 0 Å². The Hall–Kier alpha value is -1.24. The van der Waals surface area contributed by atoms with Crippen LogP contribution in [-0.4, -0.2) is 9.55 Å². The Morgan fingerprint density at radius 3 is 2.60 bits per heavy atom. The molecule has 2 aromatic carbocycles. The first-order valence-electron chi connectivity index (χ1n) is 5.52. The molecule has 0 atom stereocenters. The van der Waals surface area contributed by atoms with Gasteiger partial charge in [-0.3, -0.25) is 4.57 Å². The summed E-state index contributed by atoms with van der Waals surface area (Å²) in [6.07, 6.45) is 0. The van der Waals surface area contributed by atoms with E-state index in [-0.39, 0.29) is 5.02 Å². The molecular weight excluding hydrogens is 370 g/mol. The summed E-state index contributed by atoms with van der Waals surface area (Å²) in [6.45, 7) is 0. The molecule has 3 rings (SSSR count). The highest BCUT2D eigenvalue weighted by Gasteiger charge is 2.11. The number of nitrogens with zero attached hydrogens (tertiary/aromatic N) is 1. The molecule has 0 fully saturated rings. The van der Waals surface area contributed by atoms with Crippen molar-refractivity contribution in [2.45, 2.75) is 0 Å². The number of aromatic amines is 1. The maximum atomic E-state index is 13.7. The van der Waals surface area contributed by atoms with E-state index in [0.29, 0.717) is 26.0 Å². The van der Waals surface area contributed by atoms with E-state index >= 15 is 0 Å². The van der Waals surface area contributed by atoms with Gasteiger partial charge in [-0.15, -0.1) is 0 Å². The van der Waals surface area contributed by atoms with Crippen molar-refractivity contribution in [3.63, 3.8) is 0 Å². The summed E-state index contributed by atoms with van der Waals surface area (Å²) in [5.41, 5.74) is 1.79. The molecule has 3 aromatic rings. The van der Waals surface area contributed by atoms with E-state index in [0.717, 1.165) is 0 Å². The Labute approximate surface area is 131 Å². The lowest BCUT2D eigenvalue weighted by Crippen LogP contribution is -1.95. The summed E-state index contributed by atoms with van der Waals surface area (Å²) in [6, 6.07) is 7.17. The van der Waals surface area contributed by atoms with Crippen molar-refractivity contribution < 1.29 is 8.78 Å². The average Bonchev–Trinajstić information content (AvgIpc) is 2.69. The van der Waals surface area contributed by atoms with Gasteiger partial charge in [-0.1, -0.05) is 11.6 Å². The van der Waals surface area contributed by atoms with Gasteiger partial charge in [0.05, 0.1) is 26.2 Å². The van der Waals surface area contributed by atoms with Gasteiger partial charge in [-0.25, -0.2) is 8.78 Å². The van der Waals surface area contributed by atoms with E-state index in [9.17, 15) is 8.78 Å². The molecule has 0 aliphatic heterocycles.